The van der Waals surface area contributed by atoms with E-state index in [9.17, 15) is 0 Å². The Morgan fingerprint density at radius 1 is 1.19 bits per heavy atom. The molecule has 0 atom stereocenters. The molecule has 0 bridgehead atoms. The molecule has 31 heavy (non-hydrogen) atoms. The predicted octanol–water partition coefficient (Wildman–Crippen LogP) is 5.19. The Morgan fingerprint density at radius 2 is 2.03 bits per heavy atom. The normalized spacial score (nSPS) is 11.5. The van der Waals surface area contributed by atoms with Gasteiger partial charge in [-0.2, -0.15) is 5.10 Å². The first-order valence-corrected chi connectivity index (χ1v) is 10.9. The van der Waals surface area contributed by atoms with Crippen molar-refractivity contribution in [2.24, 2.45) is 5.92 Å². The Hall–Kier alpha value is -2.83. The third kappa shape index (κ3) is 4.75. The average Bonchev–Trinajstić information content (AvgIpc) is 3.30. The van der Waals surface area contributed by atoms with Crippen molar-refractivity contribution in [1.29, 1.82) is 0 Å². The van der Waals surface area contributed by atoms with Crippen LogP contribution in [0, 0.1) is 12.8 Å². The molecule has 0 aliphatic heterocycles. The van der Waals surface area contributed by atoms with E-state index in [0.29, 0.717) is 24.1 Å². The van der Waals surface area contributed by atoms with E-state index in [0.717, 1.165) is 46.0 Å². The van der Waals surface area contributed by atoms with E-state index in [-0.39, 0.29) is 0 Å². The van der Waals surface area contributed by atoms with E-state index in [1.165, 1.54) is 5.56 Å². The molecule has 6 nitrogen and oxygen atoms in total. The number of aromatic nitrogens is 4. The number of nitrogens with zero attached hydrogens (tertiary/aromatic N) is 3. The first-order chi connectivity index (χ1) is 14.9. The fourth-order valence-corrected chi connectivity index (χ4v) is 3.76. The van der Waals surface area contributed by atoms with Crippen LogP contribution in [0.3, 0.4) is 0 Å². The van der Waals surface area contributed by atoms with Crippen LogP contribution in [0.1, 0.15) is 30.7 Å². The SMILES string of the molecule is CNCc1ccc2[nH]c(-c3cnn(Cc4cc(Cl)ccc4OCC(C)C)c3C)nc2c1. The van der Waals surface area contributed by atoms with Gasteiger partial charge in [0.05, 0.1) is 35.9 Å². The number of aromatic amines is 1. The molecule has 7 heteroatoms. The predicted molar refractivity (Wildman–Crippen MR) is 126 cm³/mol. The summed E-state index contributed by atoms with van der Waals surface area (Å²) in [7, 11) is 1.94. The highest BCUT2D eigenvalue weighted by atomic mass is 35.5. The zero-order valence-electron chi connectivity index (χ0n) is 18.4. The van der Waals surface area contributed by atoms with Gasteiger partial charge in [0.1, 0.15) is 11.6 Å². The third-order valence-electron chi connectivity index (χ3n) is 5.20. The number of halogens is 1. The fraction of sp³-hybridized carbons (Fsp3) is 0.333. The minimum atomic E-state index is 0.447. The Morgan fingerprint density at radius 3 is 2.81 bits per heavy atom. The monoisotopic (exact) mass is 437 g/mol. The summed E-state index contributed by atoms with van der Waals surface area (Å²) in [4.78, 5) is 8.23. The van der Waals surface area contributed by atoms with E-state index >= 15 is 0 Å². The number of hydrogen-bond donors (Lipinski definition) is 2. The first kappa shape index (κ1) is 21.4. The molecule has 2 N–H and O–H groups in total. The number of benzene rings is 2. The lowest BCUT2D eigenvalue weighted by atomic mass is 10.2. The number of hydrogen-bond acceptors (Lipinski definition) is 4. The largest absolute Gasteiger partial charge is 0.493 e. The maximum atomic E-state index is 6.26. The maximum Gasteiger partial charge on any atom is 0.141 e. The Bertz CT molecular complexity index is 1190. The Kier molecular flexibility index (Phi) is 6.30. The molecule has 0 radical (unpaired) electrons. The molecule has 2 aromatic heterocycles. The van der Waals surface area contributed by atoms with Crippen LogP contribution in [-0.4, -0.2) is 33.4 Å². The van der Waals surface area contributed by atoms with Gasteiger partial charge in [-0.3, -0.25) is 4.68 Å². The van der Waals surface area contributed by atoms with Crippen molar-refractivity contribution in [2.75, 3.05) is 13.7 Å². The molecule has 0 aliphatic rings. The molecule has 0 fully saturated rings. The van der Waals surface area contributed by atoms with Crippen LogP contribution < -0.4 is 10.1 Å². The highest BCUT2D eigenvalue weighted by Crippen LogP contribution is 2.28. The zero-order chi connectivity index (χ0) is 22.0. The van der Waals surface area contributed by atoms with Gasteiger partial charge >= 0.3 is 0 Å². The van der Waals surface area contributed by atoms with Crippen LogP contribution in [0.5, 0.6) is 5.75 Å². The van der Waals surface area contributed by atoms with E-state index in [2.05, 4.69) is 54.4 Å². The van der Waals surface area contributed by atoms with Crippen molar-refractivity contribution < 1.29 is 4.74 Å². The van der Waals surface area contributed by atoms with Crippen LogP contribution in [0.25, 0.3) is 22.4 Å². The number of rotatable bonds is 8. The molecule has 0 spiro atoms. The summed E-state index contributed by atoms with van der Waals surface area (Å²) in [6.07, 6.45) is 1.86. The molecular formula is C24H28ClN5O. The second-order valence-corrected chi connectivity index (χ2v) is 8.66. The summed E-state index contributed by atoms with van der Waals surface area (Å²) in [5.74, 6) is 2.11. The van der Waals surface area contributed by atoms with Gasteiger partial charge in [0.15, 0.2) is 0 Å². The molecule has 0 unspecified atom stereocenters. The molecule has 0 saturated heterocycles. The lowest BCUT2D eigenvalue weighted by Gasteiger charge is -2.14. The van der Waals surface area contributed by atoms with Crippen molar-refractivity contribution in [2.45, 2.75) is 33.9 Å². The molecule has 0 amide bonds. The number of fused-ring (bicyclic) bond motifs is 1. The summed E-state index contributed by atoms with van der Waals surface area (Å²) in [5.41, 5.74) is 6.19. The smallest absolute Gasteiger partial charge is 0.141 e. The highest BCUT2D eigenvalue weighted by molar-refractivity contribution is 6.30. The van der Waals surface area contributed by atoms with Crippen LogP contribution in [0.2, 0.25) is 5.02 Å². The topological polar surface area (TPSA) is 67.8 Å². The van der Waals surface area contributed by atoms with Gasteiger partial charge in [-0.25, -0.2) is 4.98 Å². The number of nitrogens with one attached hydrogen (secondary N) is 2. The van der Waals surface area contributed by atoms with E-state index in [1.807, 2.05) is 36.1 Å². The summed E-state index contributed by atoms with van der Waals surface area (Å²) in [5, 5.41) is 8.48. The van der Waals surface area contributed by atoms with Gasteiger partial charge in [-0.1, -0.05) is 31.5 Å². The minimum absolute atomic E-state index is 0.447. The summed E-state index contributed by atoms with van der Waals surface area (Å²) in [6.45, 7) is 8.37. The van der Waals surface area contributed by atoms with E-state index < -0.39 is 0 Å². The fourth-order valence-electron chi connectivity index (χ4n) is 3.56. The van der Waals surface area contributed by atoms with Gasteiger partial charge in [-0.05, 0) is 55.8 Å². The summed E-state index contributed by atoms with van der Waals surface area (Å²) >= 11 is 6.26. The molecule has 4 rings (SSSR count). The molecule has 0 aliphatic carbocycles. The molecule has 2 aromatic carbocycles. The molecule has 0 saturated carbocycles. The second kappa shape index (κ2) is 9.12. The van der Waals surface area contributed by atoms with Crippen LogP contribution in [0.15, 0.2) is 42.6 Å². The Labute approximate surface area is 187 Å². The standard InChI is InChI=1S/C24H28ClN5O/c1-15(2)14-31-23-8-6-19(25)10-18(23)13-30-16(3)20(12-27-30)24-28-21-7-5-17(11-26-4)9-22(21)29-24/h5-10,12,15,26H,11,13-14H2,1-4H3,(H,28,29). The van der Waals surface area contributed by atoms with Crippen LogP contribution >= 0.6 is 11.6 Å². The van der Waals surface area contributed by atoms with E-state index in [4.69, 9.17) is 21.3 Å². The van der Waals surface area contributed by atoms with Crippen LogP contribution in [0.4, 0.5) is 0 Å². The van der Waals surface area contributed by atoms with Gasteiger partial charge in [0.2, 0.25) is 0 Å². The number of ether oxygens (including phenoxy) is 1. The minimum Gasteiger partial charge on any atom is -0.493 e. The van der Waals surface area contributed by atoms with Crippen molar-refractivity contribution in [3.05, 3.63) is 64.4 Å². The van der Waals surface area contributed by atoms with Crippen molar-refractivity contribution in [3.63, 3.8) is 0 Å². The molecule has 4 aromatic rings. The lowest BCUT2D eigenvalue weighted by molar-refractivity contribution is 0.268. The van der Waals surface area contributed by atoms with Crippen molar-refractivity contribution >= 4 is 22.6 Å². The quantitative estimate of drug-likeness (QED) is 0.398. The van der Waals surface area contributed by atoms with Gasteiger partial charge in [-0.15, -0.1) is 0 Å². The van der Waals surface area contributed by atoms with E-state index in [1.54, 1.807) is 0 Å². The molecular weight excluding hydrogens is 410 g/mol. The third-order valence-corrected chi connectivity index (χ3v) is 5.44. The van der Waals surface area contributed by atoms with Crippen LogP contribution in [-0.2, 0) is 13.1 Å². The molecule has 162 valence electrons. The van der Waals surface area contributed by atoms with Crippen molar-refractivity contribution in [1.82, 2.24) is 25.1 Å². The average molecular weight is 438 g/mol. The first-order valence-electron chi connectivity index (χ1n) is 10.5. The zero-order valence-corrected chi connectivity index (χ0v) is 19.1. The maximum absolute atomic E-state index is 6.26. The highest BCUT2D eigenvalue weighted by Gasteiger charge is 2.15. The number of imidazole rings is 1. The Balaban J connectivity index is 1.62. The molecule has 2 heterocycles. The van der Waals surface area contributed by atoms with Crippen molar-refractivity contribution in [3.8, 4) is 17.1 Å². The lowest BCUT2D eigenvalue weighted by Crippen LogP contribution is -2.09. The second-order valence-electron chi connectivity index (χ2n) is 8.23. The van der Waals surface area contributed by atoms with Gasteiger partial charge < -0.3 is 15.0 Å². The summed E-state index contributed by atoms with van der Waals surface area (Å²) < 4.78 is 7.97. The van der Waals surface area contributed by atoms with Gasteiger partial charge in [0.25, 0.3) is 0 Å². The van der Waals surface area contributed by atoms with Gasteiger partial charge in [0, 0.05) is 22.8 Å². The summed E-state index contributed by atoms with van der Waals surface area (Å²) in [6, 6.07) is 12.0. The number of H-pyrrole nitrogens is 1.